The van der Waals surface area contributed by atoms with Crippen LogP contribution in [0.3, 0.4) is 0 Å². The number of phosphoric ester groups is 2. The molecule has 97 heavy (non-hydrogen) atoms. The van der Waals surface area contributed by atoms with Crippen LogP contribution in [0.2, 0.25) is 0 Å². The van der Waals surface area contributed by atoms with Gasteiger partial charge in [-0.3, -0.25) is 37.3 Å². The maximum absolute atomic E-state index is 13.1. The van der Waals surface area contributed by atoms with E-state index in [4.69, 9.17) is 37.0 Å². The van der Waals surface area contributed by atoms with Gasteiger partial charge in [-0.25, -0.2) is 9.13 Å². The van der Waals surface area contributed by atoms with Gasteiger partial charge in [-0.05, 0) is 43.4 Å². The smallest absolute Gasteiger partial charge is 0.462 e. The number of hydrogen-bond donors (Lipinski definition) is 3. The Labute approximate surface area is 594 Å². The molecule has 3 N–H and O–H groups in total. The van der Waals surface area contributed by atoms with Crippen LogP contribution in [0.25, 0.3) is 0 Å². The quantitative estimate of drug-likeness (QED) is 0.0222. The number of hydrogen-bond acceptors (Lipinski definition) is 15. The Morgan fingerprint density at radius 1 is 0.299 bits per heavy atom. The van der Waals surface area contributed by atoms with Crippen LogP contribution in [0.5, 0.6) is 0 Å². The summed E-state index contributed by atoms with van der Waals surface area (Å²) < 4.78 is 68.6. The molecule has 0 amide bonds. The van der Waals surface area contributed by atoms with E-state index >= 15 is 0 Å². The molecule has 0 saturated heterocycles. The number of ether oxygens (including phenoxy) is 4. The number of rotatable bonds is 76. The van der Waals surface area contributed by atoms with Gasteiger partial charge in [0.1, 0.15) is 19.3 Å². The monoisotopic (exact) mass is 1420 g/mol. The van der Waals surface area contributed by atoms with Crippen LogP contribution >= 0.6 is 15.6 Å². The van der Waals surface area contributed by atoms with Crippen molar-refractivity contribution in [1.82, 2.24) is 0 Å². The number of aliphatic hydroxyl groups excluding tert-OH is 1. The molecule has 6 atom stereocenters. The van der Waals surface area contributed by atoms with Crippen molar-refractivity contribution >= 4 is 39.5 Å². The second-order valence-corrected chi connectivity index (χ2v) is 32.2. The van der Waals surface area contributed by atoms with Gasteiger partial charge in [-0.2, -0.15) is 0 Å². The Bertz CT molecular complexity index is 1890. The third-order valence-electron chi connectivity index (χ3n) is 18.5. The molecule has 0 fully saturated rings. The Hall–Kier alpha value is -1.94. The molecule has 0 aliphatic heterocycles. The molecule has 0 aromatic heterocycles. The van der Waals surface area contributed by atoms with E-state index in [9.17, 15) is 43.2 Å². The van der Waals surface area contributed by atoms with E-state index in [-0.39, 0.29) is 25.7 Å². The molecule has 3 unspecified atom stereocenters. The van der Waals surface area contributed by atoms with Crippen molar-refractivity contribution in [3.05, 3.63) is 0 Å². The number of phosphoric acid groups is 2. The van der Waals surface area contributed by atoms with Crippen LogP contribution in [0.1, 0.15) is 402 Å². The van der Waals surface area contributed by atoms with E-state index in [1.807, 2.05) is 0 Å². The first-order chi connectivity index (χ1) is 46.8. The number of carbonyl (C=O) groups is 4. The highest BCUT2D eigenvalue weighted by Gasteiger charge is 2.30. The molecule has 17 nitrogen and oxygen atoms in total. The molecule has 0 rings (SSSR count). The van der Waals surface area contributed by atoms with Gasteiger partial charge in [0, 0.05) is 25.7 Å². The van der Waals surface area contributed by atoms with Crippen LogP contribution in [-0.4, -0.2) is 96.7 Å². The molecule has 0 heterocycles. The van der Waals surface area contributed by atoms with E-state index in [1.165, 1.54) is 205 Å². The molecular formula is C78H152O17P2. The molecule has 0 radical (unpaired) electrons. The minimum absolute atomic E-state index is 0.107. The summed E-state index contributed by atoms with van der Waals surface area (Å²) >= 11 is 0. The molecule has 19 heteroatoms. The normalized spacial score (nSPS) is 14.3. The maximum Gasteiger partial charge on any atom is 0.472 e. The van der Waals surface area contributed by atoms with Crippen molar-refractivity contribution in [2.24, 2.45) is 17.8 Å². The first-order valence-corrected chi connectivity index (χ1v) is 43.4. The first kappa shape index (κ1) is 95.1. The topological polar surface area (TPSA) is 237 Å². The summed E-state index contributed by atoms with van der Waals surface area (Å²) in [6.07, 6.45) is 55.5. The van der Waals surface area contributed by atoms with Gasteiger partial charge in [0.15, 0.2) is 12.2 Å². The largest absolute Gasteiger partial charge is 0.472 e. The van der Waals surface area contributed by atoms with Crippen LogP contribution < -0.4 is 0 Å². The zero-order chi connectivity index (χ0) is 71.6. The van der Waals surface area contributed by atoms with Crippen LogP contribution in [-0.2, 0) is 65.4 Å². The second kappa shape index (κ2) is 68.5. The second-order valence-electron chi connectivity index (χ2n) is 29.3. The summed E-state index contributed by atoms with van der Waals surface area (Å²) in [5.41, 5.74) is 0. The SMILES string of the molecule is CCCCCCCCCCCCCCCC(=O)O[C@H](COC(=O)CCCCCCCCC(C)CC)COP(=O)(O)OC[C@H](O)COP(=O)(O)OC[C@@H](COC(=O)CCCCCCCCCCCCC(C)C)OC(=O)CCCCCCCCCCCCCCCCCCCCC(C)C. The zero-order valence-corrected chi connectivity index (χ0v) is 65.3. The molecule has 0 aromatic carbocycles. The van der Waals surface area contributed by atoms with Gasteiger partial charge in [-0.1, -0.05) is 350 Å². The van der Waals surface area contributed by atoms with Crippen molar-refractivity contribution in [2.45, 2.75) is 420 Å². The van der Waals surface area contributed by atoms with Crippen molar-refractivity contribution in [2.75, 3.05) is 39.6 Å². The van der Waals surface area contributed by atoms with Crippen molar-refractivity contribution in [3.8, 4) is 0 Å². The summed E-state index contributed by atoms with van der Waals surface area (Å²) in [6.45, 7) is 11.9. The number of carbonyl (C=O) groups excluding carboxylic acids is 4. The number of esters is 4. The molecule has 0 spiro atoms. The lowest BCUT2D eigenvalue weighted by Gasteiger charge is -2.21. The molecule has 0 saturated carbocycles. The first-order valence-electron chi connectivity index (χ1n) is 40.4. The Morgan fingerprint density at radius 3 is 0.784 bits per heavy atom. The molecule has 0 aliphatic rings. The van der Waals surface area contributed by atoms with Gasteiger partial charge < -0.3 is 33.8 Å². The lowest BCUT2D eigenvalue weighted by Crippen LogP contribution is -2.30. The fraction of sp³-hybridized carbons (Fsp3) is 0.949. The van der Waals surface area contributed by atoms with Crippen LogP contribution in [0.4, 0.5) is 0 Å². The highest BCUT2D eigenvalue weighted by atomic mass is 31.2. The lowest BCUT2D eigenvalue weighted by molar-refractivity contribution is -0.161. The summed E-state index contributed by atoms with van der Waals surface area (Å²) in [5.74, 6) is 0.194. The van der Waals surface area contributed by atoms with Crippen molar-refractivity contribution in [1.29, 1.82) is 0 Å². The average molecular weight is 1420 g/mol. The number of unbranched alkanes of at least 4 members (excludes halogenated alkanes) is 43. The molecular weight excluding hydrogens is 1270 g/mol. The van der Waals surface area contributed by atoms with E-state index in [1.54, 1.807) is 0 Å². The van der Waals surface area contributed by atoms with Gasteiger partial charge in [-0.15, -0.1) is 0 Å². The Morgan fingerprint density at radius 2 is 0.526 bits per heavy atom. The fourth-order valence-electron chi connectivity index (χ4n) is 11.9. The van der Waals surface area contributed by atoms with E-state index in [0.29, 0.717) is 25.7 Å². The van der Waals surface area contributed by atoms with Gasteiger partial charge >= 0.3 is 39.5 Å². The summed E-state index contributed by atoms with van der Waals surface area (Å²) in [7, 11) is -9.91. The standard InChI is InChI=1S/C78H152O17P2/c1-8-10-11-12-13-14-15-22-26-33-38-47-54-61-78(83)95-74(66-89-76(81)60-53-46-41-40-44-51-58-71(7)9-2)68-93-97(86,87)91-64-72(79)63-90-96(84,85)92-67-73(65-88-75(80)59-52-45-37-32-29-28-31-36-43-50-57-70(5)6)94-77(82)62-55-48-39-34-27-24-21-19-17-16-18-20-23-25-30-35-42-49-56-69(3)4/h69-74,79H,8-68H2,1-7H3,(H,84,85)(H,86,87)/t71?,72-,73-,74-/m1/s1. The minimum atomic E-state index is -4.96. The van der Waals surface area contributed by atoms with Crippen LogP contribution in [0, 0.1) is 17.8 Å². The lowest BCUT2D eigenvalue weighted by atomic mass is 10.00. The number of aliphatic hydroxyl groups is 1. The predicted octanol–water partition coefficient (Wildman–Crippen LogP) is 23.0. The van der Waals surface area contributed by atoms with Crippen molar-refractivity contribution in [3.63, 3.8) is 0 Å². The molecule has 0 aliphatic carbocycles. The van der Waals surface area contributed by atoms with Gasteiger partial charge in [0.2, 0.25) is 0 Å². The molecule has 576 valence electrons. The zero-order valence-electron chi connectivity index (χ0n) is 63.5. The summed E-state index contributed by atoms with van der Waals surface area (Å²) in [6, 6.07) is 0. The third kappa shape index (κ3) is 70.9. The van der Waals surface area contributed by atoms with E-state index in [0.717, 1.165) is 114 Å². The van der Waals surface area contributed by atoms with Crippen molar-refractivity contribution < 1.29 is 80.2 Å². The molecule has 0 bridgehead atoms. The van der Waals surface area contributed by atoms with Gasteiger partial charge in [0.25, 0.3) is 0 Å². The highest BCUT2D eigenvalue weighted by Crippen LogP contribution is 2.45. The minimum Gasteiger partial charge on any atom is -0.462 e. The molecule has 0 aromatic rings. The predicted molar refractivity (Wildman–Crippen MR) is 395 cm³/mol. The Balaban J connectivity index is 5.21. The van der Waals surface area contributed by atoms with E-state index < -0.39 is 97.5 Å². The third-order valence-corrected chi connectivity index (χ3v) is 20.4. The fourth-order valence-corrected chi connectivity index (χ4v) is 13.5. The summed E-state index contributed by atoms with van der Waals surface area (Å²) in [4.78, 5) is 72.9. The summed E-state index contributed by atoms with van der Waals surface area (Å²) in [5, 5.41) is 10.6. The van der Waals surface area contributed by atoms with E-state index in [2.05, 4.69) is 48.5 Å². The maximum atomic E-state index is 13.1. The Kier molecular flexibility index (Phi) is 67.1. The van der Waals surface area contributed by atoms with Gasteiger partial charge in [0.05, 0.1) is 26.4 Å². The average Bonchev–Trinajstić information content (AvgIpc) is 1.01. The highest BCUT2D eigenvalue weighted by molar-refractivity contribution is 7.47. The van der Waals surface area contributed by atoms with Crippen LogP contribution in [0.15, 0.2) is 0 Å².